The standard InChI is InChI=1S/C18H17ClN2O3S/c1-3-24-17(23)12-4-7-14(8-5-12)20-18(25)21-16-10-13(11(2)22)6-9-15(16)19/h4-10H,3H2,1-2H3,(H2,20,21,25). The number of thiocarbonyl (C=S) groups is 1. The van der Waals surface area contributed by atoms with E-state index in [1.807, 2.05) is 0 Å². The number of carbonyl (C=O) groups excluding carboxylic acids is 2. The fraction of sp³-hybridized carbons (Fsp3) is 0.167. The predicted molar refractivity (Wildman–Crippen MR) is 104 cm³/mol. The Morgan fingerprint density at radius 2 is 1.72 bits per heavy atom. The van der Waals surface area contributed by atoms with Crippen molar-refractivity contribution in [2.24, 2.45) is 0 Å². The molecule has 0 aromatic heterocycles. The van der Waals surface area contributed by atoms with Gasteiger partial charge in [-0.3, -0.25) is 4.79 Å². The van der Waals surface area contributed by atoms with Crippen LogP contribution in [0.3, 0.4) is 0 Å². The van der Waals surface area contributed by atoms with Crippen LogP contribution in [0.2, 0.25) is 5.02 Å². The molecule has 2 aromatic carbocycles. The maximum absolute atomic E-state index is 11.6. The molecule has 5 nitrogen and oxygen atoms in total. The quantitative estimate of drug-likeness (QED) is 0.454. The van der Waals surface area contributed by atoms with Crippen LogP contribution in [0, 0.1) is 0 Å². The Kier molecular flexibility index (Phi) is 6.50. The lowest BCUT2D eigenvalue weighted by Crippen LogP contribution is -2.19. The molecule has 0 saturated carbocycles. The highest BCUT2D eigenvalue weighted by atomic mass is 35.5. The Bertz CT molecular complexity index is 806. The van der Waals surface area contributed by atoms with Crippen molar-refractivity contribution < 1.29 is 14.3 Å². The molecule has 7 heteroatoms. The van der Waals surface area contributed by atoms with Crippen molar-refractivity contribution in [1.82, 2.24) is 0 Å². The SMILES string of the molecule is CCOC(=O)c1ccc(NC(=S)Nc2cc(C(C)=O)ccc2Cl)cc1. The van der Waals surface area contributed by atoms with Gasteiger partial charge in [0.15, 0.2) is 10.9 Å². The molecule has 0 radical (unpaired) electrons. The average Bonchev–Trinajstić information content (AvgIpc) is 2.57. The van der Waals surface area contributed by atoms with Crippen LogP contribution in [0.1, 0.15) is 34.6 Å². The summed E-state index contributed by atoms with van der Waals surface area (Å²) in [4.78, 5) is 23.1. The molecule has 0 bridgehead atoms. The topological polar surface area (TPSA) is 67.4 Å². The van der Waals surface area contributed by atoms with Crippen LogP contribution >= 0.6 is 23.8 Å². The molecule has 0 aliphatic rings. The van der Waals surface area contributed by atoms with E-state index in [4.69, 9.17) is 28.6 Å². The Morgan fingerprint density at radius 1 is 1.08 bits per heavy atom. The number of hydrogen-bond acceptors (Lipinski definition) is 4. The van der Waals surface area contributed by atoms with E-state index < -0.39 is 0 Å². The summed E-state index contributed by atoms with van der Waals surface area (Å²) in [5, 5.41) is 6.71. The number of ether oxygens (including phenoxy) is 1. The van der Waals surface area contributed by atoms with Gasteiger partial charge in [-0.25, -0.2) is 4.79 Å². The number of halogens is 1. The van der Waals surface area contributed by atoms with Crippen LogP contribution in [0.25, 0.3) is 0 Å². The lowest BCUT2D eigenvalue weighted by molar-refractivity contribution is 0.0526. The van der Waals surface area contributed by atoms with E-state index in [9.17, 15) is 9.59 Å². The molecule has 0 aliphatic heterocycles. The predicted octanol–water partition coefficient (Wildman–Crippen LogP) is 4.53. The summed E-state index contributed by atoms with van der Waals surface area (Å²) in [7, 11) is 0. The van der Waals surface area contributed by atoms with Crippen molar-refractivity contribution in [3.63, 3.8) is 0 Å². The van der Waals surface area contributed by atoms with Gasteiger partial charge in [0.25, 0.3) is 0 Å². The molecule has 0 aliphatic carbocycles. The third-order valence-corrected chi connectivity index (χ3v) is 3.81. The number of nitrogens with one attached hydrogen (secondary N) is 2. The van der Waals surface area contributed by atoms with Crippen LogP contribution < -0.4 is 10.6 Å². The van der Waals surface area contributed by atoms with Gasteiger partial charge in [-0.2, -0.15) is 0 Å². The zero-order valence-corrected chi connectivity index (χ0v) is 15.3. The van der Waals surface area contributed by atoms with Crippen LogP contribution in [0.15, 0.2) is 42.5 Å². The Hall–Kier alpha value is -2.44. The molecule has 130 valence electrons. The second-order valence-corrected chi connectivity index (χ2v) is 5.94. The zero-order valence-electron chi connectivity index (χ0n) is 13.8. The number of carbonyl (C=O) groups is 2. The van der Waals surface area contributed by atoms with Crippen molar-refractivity contribution in [2.45, 2.75) is 13.8 Å². The van der Waals surface area contributed by atoms with Gasteiger partial charge in [-0.15, -0.1) is 0 Å². The van der Waals surface area contributed by atoms with Gasteiger partial charge in [0.05, 0.1) is 22.9 Å². The number of hydrogen-bond donors (Lipinski definition) is 2. The van der Waals surface area contributed by atoms with Crippen LogP contribution in [0.5, 0.6) is 0 Å². The first-order chi connectivity index (χ1) is 11.9. The van der Waals surface area contributed by atoms with Crippen molar-refractivity contribution in [3.05, 3.63) is 58.6 Å². The van der Waals surface area contributed by atoms with E-state index in [0.29, 0.717) is 39.2 Å². The summed E-state index contributed by atoms with van der Waals surface area (Å²) in [5.41, 5.74) is 2.23. The fourth-order valence-electron chi connectivity index (χ4n) is 2.03. The van der Waals surface area contributed by atoms with E-state index in [1.54, 1.807) is 49.4 Å². The maximum atomic E-state index is 11.6. The van der Waals surface area contributed by atoms with Crippen molar-refractivity contribution in [1.29, 1.82) is 0 Å². The molecule has 0 heterocycles. The minimum atomic E-state index is -0.373. The molecular formula is C18H17ClN2O3S. The van der Waals surface area contributed by atoms with Gasteiger partial charge >= 0.3 is 5.97 Å². The Morgan fingerprint density at radius 3 is 2.32 bits per heavy atom. The molecule has 25 heavy (non-hydrogen) atoms. The first-order valence-corrected chi connectivity index (χ1v) is 8.35. The smallest absolute Gasteiger partial charge is 0.338 e. The Balaban J connectivity index is 2.04. The second kappa shape index (κ2) is 8.60. The number of Topliss-reactive ketones (excluding diaryl/α,β-unsaturated/α-hetero) is 1. The van der Waals surface area contributed by atoms with E-state index in [0.717, 1.165) is 0 Å². The van der Waals surface area contributed by atoms with Gasteiger partial charge in [-0.05, 0) is 68.5 Å². The fourth-order valence-corrected chi connectivity index (χ4v) is 2.42. The van der Waals surface area contributed by atoms with E-state index in [1.165, 1.54) is 6.92 Å². The largest absolute Gasteiger partial charge is 0.462 e. The van der Waals surface area contributed by atoms with Crippen LogP contribution in [-0.2, 0) is 4.74 Å². The van der Waals surface area contributed by atoms with Crippen molar-refractivity contribution >= 4 is 52.1 Å². The minimum absolute atomic E-state index is 0.0619. The lowest BCUT2D eigenvalue weighted by Gasteiger charge is -2.13. The number of benzene rings is 2. The number of anilines is 2. The summed E-state index contributed by atoms with van der Waals surface area (Å²) in [6.45, 7) is 3.56. The van der Waals surface area contributed by atoms with Gasteiger partial charge in [-0.1, -0.05) is 11.6 Å². The van der Waals surface area contributed by atoms with E-state index in [-0.39, 0.29) is 11.8 Å². The molecule has 0 fully saturated rings. The molecule has 2 aromatic rings. The molecule has 0 unspecified atom stereocenters. The van der Waals surface area contributed by atoms with Crippen molar-refractivity contribution in [2.75, 3.05) is 17.2 Å². The average molecular weight is 377 g/mol. The summed E-state index contributed by atoms with van der Waals surface area (Å²) < 4.78 is 4.93. The first kappa shape index (κ1) is 18.9. The summed E-state index contributed by atoms with van der Waals surface area (Å²) in [5.74, 6) is -0.435. The second-order valence-electron chi connectivity index (χ2n) is 5.13. The summed E-state index contributed by atoms with van der Waals surface area (Å²) >= 11 is 11.4. The maximum Gasteiger partial charge on any atom is 0.338 e. The van der Waals surface area contributed by atoms with E-state index in [2.05, 4.69) is 10.6 Å². The van der Waals surface area contributed by atoms with Crippen LogP contribution in [-0.4, -0.2) is 23.5 Å². The monoisotopic (exact) mass is 376 g/mol. The number of rotatable bonds is 5. The Labute approximate surface area is 156 Å². The number of esters is 1. The highest BCUT2D eigenvalue weighted by Gasteiger charge is 2.08. The zero-order chi connectivity index (χ0) is 18.4. The number of ketones is 1. The first-order valence-electron chi connectivity index (χ1n) is 7.56. The van der Waals surface area contributed by atoms with Gasteiger partial charge < -0.3 is 15.4 Å². The molecule has 2 rings (SSSR count). The normalized spacial score (nSPS) is 10.0. The highest BCUT2D eigenvalue weighted by molar-refractivity contribution is 7.80. The van der Waals surface area contributed by atoms with Gasteiger partial charge in [0.1, 0.15) is 0 Å². The molecule has 0 saturated heterocycles. The lowest BCUT2D eigenvalue weighted by atomic mass is 10.1. The third kappa shape index (κ3) is 5.27. The van der Waals surface area contributed by atoms with Gasteiger partial charge in [0, 0.05) is 11.3 Å². The van der Waals surface area contributed by atoms with E-state index >= 15 is 0 Å². The third-order valence-electron chi connectivity index (χ3n) is 3.27. The summed E-state index contributed by atoms with van der Waals surface area (Å²) in [6, 6.07) is 11.7. The molecule has 2 N–H and O–H groups in total. The highest BCUT2D eigenvalue weighted by Crippen LogP contribution is 2.23. The molecule has 0 amide bonds. The molecule has 0 atom stereocenters. The molecule has 0 spiro atoms. The molecular weight excluding hydrogens is 360 g/mol. The minimum Gasteiger partial charge on any atom is -0.462 e. The van der Waals surface area contributed by atoms with Crippen molar-refractivity contribution in [3.8, 4) is 0 Å². The van der Waals surface area contributed by atoms with Gasteiger partial charge in [0.2, 0.25) is 0 Å². The van der Waals surface area contributed by atoms with Crippen LogP contribution in [0.4, 0.5) is 11.4 Å². The summed E-state index contributed by atoms with van der Waals surface area (Å²) in [6.07, 6.45) is 0.